The molecule has 1 amide bonds. The van der Waals surface area contributed by atoms with Crippen LogP contribution in [0.4, 0.5) is 9.52 Å². The lowest BCUT2D eigenvalue weighted by Gasteiger charge is -2.22. The van der Waals surface area contributed by atoms with Gasteiger partial charge in [-0.25, -0.2) is 4.39 Å². The molecule has 1 fully saturated rings. The van der Waals surface area contributed by atoms with E-state index in [1.165, 1.54) is 54.5 Å². The maximum atomic E-state index is 15.0. The first-order chi connectivity index (χ1) is 17.4. The molecular formula is C25H16ClFN4O3S2. The van der Waals surface area contributed by atoms with Crippen LogP contribution >= 0.6 is 34.7 Å². The standard InChI is InChI=1S/C25H16ClFN4O3S2/c26-16-7-5-14(6-8-16)13-35-25-30-29-24(36-25)31-20(17-3-1-2-4-18(17)27)19(22(33)23(31)34)21(32)15-9-11-28-12-10-15/h1-12,20,32H,13H2. The number of halogens is 2. The lowest BCUT2D eigenvalue weighted by Crippen LogP contribution is -2.29. The number of ketones is 1. The van der Waals surface area contributed by atoms with E-state index in [2.05, 4.69) is 15.2 Å². The van der Waals surface area contributed by atoms with Gasteiger partial charge in [-0.3, -0.25) is 19.5 Å². The number of aliphatic hydroxyl groups excluding tert-OH is 1. The van der Waals surface area contributed by atoms with E-state index >= 15 is 0 Å². The van der Waals surface area contributed by atoms with Gasteiger partial charge in [0.2, 0.25) is 5.13 Å². The lowest BCUT2D eigenvalue weighted by atomic mass is 9.95. The third-order valence-electron chi connectivity index (χ3n) is 5.48. The molecule has 1 atom stereocenters. The van der Waals surface area contributed by atoms with Gasteiger partial charge in [-0.1, -0.05) is 65.0 Å². The van der Waals surface area contributed by atoms with Crippen molar-refractivity contribution in [3.63, 3.8) is 0 Å². The minimum Gasteiger partial charge on any atom is -0.507 e. The fraction of sp³-hybridized carbons (Fsp3) is 0.0800. The number of aliphatic hydroxyl groups is 1. The van der Waals surface area contributed by atoms with Crippen molar-refractivity contribution >= 4 is 57.3 Å². The van der Waals surface area contributed by atoms with Gasteiger partial charge in [0.05, 0.1) is 5.57 Å². The number of carbonyl (C=O) groups is 2. The molecule has 1 saturated heterocycles. The Morgan fingerprint density at radius 2 is 1.78 bits per heavy atom. The van der Waals surface area contributed by atoms with E-state index in [1.807, 2.05) is 12.1 Å². The second-order valence-corrected chi connectivity index (χ2v) is 10.3. The third-order valence-corrected chi connectivity index (χ3v) is 7.85. The summed E-state index contributed by atoms with van der Waals surface area (Å²) >= 11 is 8.44. The Labute approximate surface area is 218 Å². The minimum atomic E-state index is -1.22. The Kier molecular flexibility index (Phi) is 6.82. The summed E-state index contributed by atoms with van der Waals surface area (Å²) in [6.45, 7) is 0. The number of hydrogen-bond acceptors (Lipinski definition) is 8. The van der Waals surface area contributed by atoms with Crippen molar-refractivity contribution in [2.45, 2.75) is 16.1 Å². The third kappa shape index (κ3) is 4.62. The summed E-state index contributed by atoms with van der Waals surface area (Å²) in [4.78, 5) is 31.3. The van der Waals surface area contributed by atoms with Crippen LogP contribution in [0, 0.1) is 5.82 Å². The molecule has 5 rings (SSSR count). The van der Waals surface area contributed by atoms with E-state index in [4.69, 9.17) is 11.6 Å². The van der Waals surface area contributed by atoms with Crippen molar-refractivity contribution in [2.24, 2.45) is 0 Å². The van der Waals surface area contributed by atoms with Crippen LogP contribution in [-0.2, 0) is 15.3 Å². The van der Waals surface area contributed by atoms with E-state index in [0.717, 1.165) is 21.8 Å². The molecular weight excluding hydrogens is 523 g/mol. The monoisotopic (exact) mass is 538 g/mol. The van der Waals surface area contributed by atoms with Gasteiger partial charge in [-0.15, -0.1) is 10.2 Å². The van der Waals surface area contributed by atoms with Gasteiger partial charge >= 0.3 is 5.91 Å². The van der Waals surface area contributed by atoms with Crippen LogP contribution in [0.1, 0.15) is 22.7 Å². The summed E-state index contributed by atoms with van der Waals surface area (Å²) in [7, 11) is 0. The van der Waals surface area contributed by atoms with Crippen molar-refractivity contribution in [3.05, 3.63) is 106 Å². The number of rotatable bonds is 6. The minimum absolute atomic E-state index is 0.0536. The van der Waals surface area contributed by atoms with Crippen LogP contribution in [0.5, 0.6) is 0 Å². The van der Waals surface area contributed by atoms with E-state index in [1.54, 1.807) is 18.2 Å². The molecule has 1 aliphatic heterocycles. The molecule has 11 heteroatoms. The zero-order valence-electron chi connectivity index (χ0n) is 18.3. The van der Waals surface area contributed by atoms with Crippen LogP contribution in [0.3, 0.4) is 0 Å². The number of Topliss-reactive ketones (excluding diaryl/α,β-unsaturated/α-hetero) is 1. The molecule has 0 spiro atoms. The maximum Gasteiger partial charge on any atom is 0.301 e. The molecule has 1 aliphatic rings. The van der Waals surface area contributed by atoms with Crippen molar-refractivity contribution in [2.75, 3.05) is 4.90 Å². The van der Waals surface area contributed by atoms with Crippen molar-refractivity contribution in [1.29, 1.82) is 0 Å². The molecule has 0 bridgehead atoms. The van der Waals surface area contributed by atoms with Gasteiger partial charge in [0.25, 0.3) is 5.78 Å². The summed E-state index contributed by atoms with van der Waals surface area (Å²) < 4.78 is 15.5. The SMILES string of the molecule is O=C1C(=O)N(c2nnc(SCc3ccc(Cl)cc3)s2)C(c2ccccc2F)C1=C(O)c1ccncc1. The number of amides is 1. The highest BCUT2D eigenvalue weighted by Crippen LogP contribution is 2.44. The van der Waals surface area contributed by atoms with Crippen LogP contribution < -0.4 is 4.90 Å². The Morgan fingerprint density at radius 1 is 1.06 bits per heavy atom. The number of pyridine rings is 1. The fourth-order valence-corrected chi connectivity index (χ4v) is 5.72. The number of benzene rings is 2. The quantitative estimate of drug-likeness (QED) is 0.111. The number of anilines is 1. The highest BCUT2D eigenvalue weighted by atomic mass is 35.5. The Morgan fingerprint density at radius 3 is 2.50 bits per heavy atom. The summed E-state index contributed by atoms with van der Waals surface area (Å²) in [6, 6.07) is 14.9. The van der Waals surface area contributed by atoms with Gasteiger partial charge in [-0.2, -0.15) is 0 Å². The molecule has 0 saturated carbocycles. The molecule has 2 aromatic carbocycles. The molecule has 1 unspecified atom stereocenters. The predicted octanol–water partition coefficient (Wildman–Crippen LogP) is 5.64. The van der Waals surface area contributed by atoms with Gasteiger partial charge in [0, 0.05) is 34.3 Å². The normalized spacial score (nSPS) is 17.1. The predicted molar refractivity (Wildman–Crippen MR) is 136 cm³/mol. The summed E-state index contributed by atoms with van der Waals surface area (Å²) in [5.74, 6) is -2.33. The number of aromatic nitrogens is 3. The smallest absolute Gasteiger partial charge is 0.301 e. The molecule has 3 heterocycles. The molecule has 0 radical (unpaired) electrons. The summed E-state index contributed by atoms with van der Waals surface area (Å²) in [5.41, 5.74) is 1.12. The average molecular weight is 539 g/mol. The Bertz CT molecular complexity index is 1480. The summed E-state index contributed by atoms with van der Waals surface area (Å²) in [5, 5.41) is 20.0. The summed E-state index contributed by atoms with van der Waals surface area (Å²) in [6.07, 6.45) is 2.89. The van der Waals surface area contributed by atoms with Gasteiger partial charge in [0.1, 0.15) is 17.6 Å². The molecule has 2 aromatic heterocycles. The zero-order valence-corrected chi connectivity index (χ0v) is 20.7. The Hall–Kier alpha value is -3.60. The molecule has 7 nitrogen and oxygen atoms in total. The number of nitrogens with zero attached hydrogens (tertiary/aromatic N) is 4. The number of thioether (sulfide) groups is 1. The molecule has 1 N–H and O–H groups in total. The van der Waals surface area contributed by atoms with Crippen molar-refractivity contribution in [1.82, 2.24) is 15.2 Å². The van der Waals surface area contributed by atoms with Gasteiger partial charge in [0.15, 0.2) is 4.34 Å². The second-order valence-electron chi connectivity index (χ2n) is 7.69. The van der Waals surface area contributed by atoms with E-state index in [-0.39, 0.29) is 21.8 Å². The molecule has 36 heavy (non-hydrogen) atoms. The van der Waals surface area contributed by atoms with Crippen molar-refractivity contribution in [3.8, 4) is 0 Å². The van der Waals surface area contributed by atoms with Crippen LogP contribution in [0.25, 0.3) is 5.76 Å². The van der Waals surface area contributed by atoms with E-state index < -0.39 is 29.3 Å². The van der Waals surface area contributed by atoms with Gasteiger partial charge < -0.3 is 5.11 Å². The van der Waals surface area contributed by atoms with E-state index in [0.29, 0.717) is 15.1 Å². The molecule has 180 valence electrons. The van der Waals surface area contributed by atoms with E-state index in [9.17, 15) is 19.1 Å². The highest BCUT2D eigenvalue weighted by molar-refractivity contribution is 8.00. The first-order valence-electron chi connectivity index (χ1n) is 10.6. The van der Waals surface area contributed by atoms with Crippen LogP contribution in [-0.4, -0.2) is 32.0 Å². The first-order valence-corrected chi connectivity index (χ1v) is 12.8. The number of carbonyl (C=O) groups excluding carboxylic acids is 2. The molecule has 4 aromatic rings. The topological polar surface area (TPSA) is 96.3 Å². The Balaban J connectivity index is 1.54. The second kappa shape index (κ2) is 10.2. The first kappa shape index (κ1) is 24.1. The number of hydrogen-bond donors (Lipinski definition) is 1. The fourth-order valence-electron chi connectivity index (χ4n) is 3.77. The largest absolute Gasteiger partial charge is 0.507 e. The maximum absolute atomic E-state index is 15.0. The zero-order chi connectivity index (χ0) is 25.2. The van der Waals surface area contributed by atoms with Gasteiger partial charge in [-0.05, 0) is 35.9 Å². The average Bonchev–Trinajstić information content (AvgIpc) is 3.46. The highest BCUT2D eigenvalue weighted by Gasteiger charge is 2.49. The van der Waals surface area contributed by atoms with Crippen LogP contribution in [0.2, 0.25) is 5.02 Å². The van der Waals surface area contributed by atoms with Crippen LogP contribution in [0.15, 0.2) is 83.0 Å². The van der Waals surface area contributed by atoms with Crippen molar-refractivity contribution < 1.29 is 19.1 Å². The lowest BCUT2D eigenvalue weighted by molar-refractivity contribution is -0.132. The molecule has 0 aliphatic carbocycles.